The Bertz CT molecular complexity index is 697. The summed E-state index contributed by atoms with van der Waals surface area (Å²) in [5.74, 6) is 0.968. The smallest absolute Gasteiger partial charge is 0.264 e. The summed E-state index contributed by atoms with van der Waals surface area (Å²) in [6.07, 6.45) is 2.71. The molecule has 25 heavy (non-hydrogen) atoms. The molecule has 1 aliphatic heterocycles. The van der Waals surface area contributed by atoms with Gasteiger partial charge in [0.2, 0.25) is 5.91 Å². The van der Waals surface area contributed by atoms with Crippen LogP contribution in [0.15, 0.2) is 17.5 Å². The lowest BCUT2D eigenvalue weighted by Crippen LogP contribution is -2.54. The van der Waals surface area contributed by atoms with E-state index in [1.54, 1.807) is 39.3 Å². The summed E-state index contributed by atoms with van der Waals surface area (Å²) in [7, 11) is 0. The Labute approximate surface area is 165 Å². The molecule has 1 saturated heterocycles. The van der Waals surface area contributed by atoms with Gasteiger partial charge < -0.3 is 15.5 Å². The number of rotatable bonds is 5. The van der Waals surface area contributed by atoms with E-state index < -0.39 is 6.04 Å². The zero-order valence-electron chi connectivity index (χ0n) is 14.0. The monoisotopic (exact) mass is 419 g/mol. The molecule has 5 nitrogen and oxygen atoms in total. The Hall–Kier alpha value is -0.800. The quantitative estimate of drug-likeness (QED) is 0.809. The molecule has 0 saturated carbocycles. The molecule has 0 radical (unpaired) electrons. The number of fused-ring (bicyclic) bond motifs is 1. The molecular weight excluding hydrogens is 398 g/mol. The minimum atomic E-state index is -0.427. The number of thioether (sulfide) groups is 1. The zero-order valence-corrected chi connectivity index (χ0v) is 17.2. The first-order valence-electron chi connectivity index (χ1n) is 7.89. The van der Waals surface area contributed by atoms with Crippen LogP contribution >= 0.6 is 46.8 Å². The lowest BCUT2D eigenvalue weighted by molar-refractivity contribution is -0.134. The van der Waals surface area contributed by atoms with Crippen LogP contribution < -0.4 is 5.73 Å². The van der Waals surface area contributed by atoms with Crippen LogP contribution in [0.25, 0.3) is 9.40 Å². The molecule has 0 unspecified atom stereocenters. The second-order valence-corrected chi connectivity index (χ2v) is 8.78. The molecule has 0 aromatic carbocycles. The zero-order chi connectivity index (χ0) is 17.1. The van der Waals surface area contributed by atoms with E-state index in [1.807, 2.05) is 28.7 Å². The minimum absolute atomic E-state index is 0. The fourth-order valence-electron chi connectivity index (χ4n) is 2.76. The van der Waals surface area contributed by atoms with E-state index in [-0.39, 0.29) is 24.2 Å². The van der Waals surface area contributed by atoms with Gasteiger partial charge in [-0.15, -0.1) is 35.1 Å². The summed E-state index contributed by atoms with van der Waals surface area (Å²) < 4.78 is 2.33. The van der Waals surface area contributed by atoms with Crippen LogP contribution in [0, 0.1) is 0 Å². The Kier molecular flexibility index (Phi) is 7.57. The van der Waals surface area contributed by atoms with Gasteiger partial charge in [0.15, 0.2) is 0 Å². The standard InChI is InChI=1S/C16H21N3O2S3.ClH/c1-22-8-2-11(17)15(20)18-4-6-19(7-5-18)16(21)14-10-13-12(24-14)3-9-23-13;/h3,9-11H,2,4-8,17H2,1H3;1H/t11-;/m0./s1. The predicted molar refractivity (Wildman–Crippen MR) is 110 cm³/mol. The number of piperazine rings is 1. The number of halogens is 1. The van der Waals surface area contributed by atoms with E-state index in [0.29, 0.717) is 32.6 Å². The highest BCUT2D eigenvalue weighted by Crippen LogP contribution is 2.30. The van der Waals surface area contributed by atoms with Crippen molar-refractivity contribution in [3.8, 4) is 0 Å². The van der Waals surface area contributed by atoms with Gasteiger partial charge in [0, 0.05) is 35.6 Å². The molecule has 0 spiro atoms. The van der Waals surface area contributed by atoms with Crippen LogP contribution in [0.4, 0.5) is 0 Å². The van der Waals surface area contributed by atoms with E-state index in [9.17, 15) is 9.59 Å². The summed E-state index contributed by atoms with van der Waals surface area (Å²) in [6.45, 7) is 2.28. The molecule has 2 aromatic rings. The topological polar surface area (TPSA) is 66.6 Å². The first kappa shape index (κ1) is 20.5. The van der Waals surface area contributed by atoms with Gasteiger partial charge in [0.05, 0.1) is 10.9 Å². The summed E-state index contributed by atoms with van der Waals surface area (Å²) in [5, 5.41) is 2.04. The van der Waals surface area contributed by atoms with E-state index >= 15 is 0 Å². The van der Waals surface area contributed by atoms with Gasteiger partial charge in [-0.3, -0.25) is 9.59 Å². The number of thiophene rings is 2. The average Bonchev–Trinajstić information content (AvgIpc) is 3.20. The third-order valence-electron chi connectivity index (χ3n) is 4.18. The van der Waals surface area contributed by atoms with Crippen molar-refractivity contribution in [2.24, 2.45) is 5.73 Å². The lowest BCUT2D eigenvalue weighted by Gasteiger charge is -2.35. The minimum Gasteiger partial charge on any atom is -0.338 e. The highest BCUT2D eigenvalue weighted by atomic mass is 35.5. The molecular formula is C16H22ClN3O2S3. The van der Waals surface area contributed by atoms with E-state index in [2.05, 4.69) is 0 Å². The molecule has 9 heteroatoms. The fourth-order valence-corrected chi connectivity index (χ4v) is 5.33. The Balaban J connectivity index is 0.00000225. The molecule has 138 valence electrons. The molecule has 3 heterocycles. The van der Waals surface area contributed by atoms with Crippen molar-refractivity contribution >= 4 is 68.1 Å². The first-order valence-corrected chi connectivity index (χ1v) is 11.0. The van der Waals surface area contributed by atoms with Crippen molar-refractivity contribution in [3.63, 3.8) is 0 Å². The maximum atomic E-state index is 12.6. The van der Waals surface area contributed by atoms with Crippen molar-refractivity contribution in [2.75, 3.05) is 38.2 Å². The number of nitrogens with zero attached hydrogens (tertiary/aromatic N) is 2. The number of carbonyl (C=O) groups excluding carboxylic acids is 2. The van der Waals surface area contributed by atoms with Crippen molar-refractivity contribution in [1.82, 2.24) is 9.80 Å². The van der Waals surface area contributed by atoms with Crippen LogP contribution in [0.3, 0.4) is 0 Å². The molecule has 1 fully saturated rings. The van der Waals surface area contributed by atoms with Crippen LogP contribution in [0.5, 0.6) is 0 Å². The Morgan fingerprint density at radius 2 is 1.92 bits per heavy atom. The lowest BCUT2D eigenvalue weighted by atomic mass is 10.2. The highest BCUT2D eigenvalue weighted by molar-refractivity contribution is 7.98. The number of nitrogens with two attached hydrogens (primary N) is 1. The highest BCUT2D eigenvalue weighted by Gasteiger charge is 2.28. The summed E-state index contributed by atoms with van der Waals surface area (Å²) in [6, 6.07) is 3.60. The summed E-state index contributed by atoms with van der Waals surface area (Å²) >= 11 is 4.90. The predicted octanol–water partition coefficient (Wildman–Crippen LogP) is 2.75. The molecule has 2 amide bonds. The van der Waals surface area contributed by atoms with Crippen molar-refractivity contribution in [3.05, 3.63) is 22.4 Å². The maximum Gasteiger partial charge on any atom is 0.264 e. The number of hydrogen-bond donors (Lipinski definition) is 1. The fraction of sp³-hybridized carbons (Fsp3) is 0.500. The second-order valence-electron chi connectivity index (χ2n) is 5.77. The third-order valence-corrected chi connectivity index (χ3v) is 6.90. The van der Waals surface area contributed by atoms with Gasteiger partial charge in [-0.2, -0.15) is 11.8 Å². The molecule has 2 aromatic heterocycles. The third kappa shape index (κ3) is 4.68. The molecule has 1 aliphatic rings. The van der Waals surface area contributed by atoms with Crippen molar-refractivity contribution in [1.29, 1.82) is 0 Å². The number of amides is 2. The Morgan fingerprint density at radius 1 is 1.24 bits per heavy atom. The second kappa shape index (κ2) is 9.23. The van der Waals surface area contributed by atoms with Crippen LogP contribution in [0.2, 0.25) is 0 Å². The molecule has 3 rings (SSSR count). The largest absolute Gasteiger partial charge is 0.338 e. The maximum absolute atomic E-state index is 12.6. The van der Waals surface area contributed by atoms with Gasteiger partial charge in [-0.05, 0) is 35.9 Å². The number of hydrogen-bond acceptors (Lipinski definition) is 6. The molecule has 0 bridgehead atoms. The van der Waals surface area contributed by atoms with Crippen LogP contribution in [-0.4, -0.2) is 65.8 Å². The molecule has 2 N–H and O–H groups in total. The summed E-state index contributed by atoms with van der Waals surface area (Å²) in [5.41, 5.74) is 5.97. The Morgan fingerprint density at radius 3 is 2.56 bits per heavy atom. The van der Waals surface area contributed by atoms with Gasteiger partial charge in [-0.1, -0.05) is 0 Å². The van der Waals surface area contributed by atoms with E-state index in [4.69, 9.17) is 5.73 Å². The molecule has 1 atom stereocenters. The number of carbonyl (C=O) groups is 2. The van der Waals surface area contributed by atoms with Gasteiger partial charge >= 0.3 is 0 Å². The van der Waals surface area contributed by atoms with E-state index in [0.717, 1.165) is 20.0 Å². The van der Waals surface area contributed by atoms with Crippen LogP contribution in [-0.2, 0) is 4.79 Å². The van der Waals surface area contributed by atoms with Crippen molar-refractivity contribution in [2.45, 2.75) is 12.5 Å². The molecule has 0 aliphatic carbocycles. The van der Waals surface area contributed by atoms with Gasteiger partial charge in [0.25, 0.3) is 5.91 Å². The van der Waals surface area contributed by atoms with E-state index in [1.165, 1.54) is 0 Å². The SMILES string of the molecule is CSCC[C@H](N)C(=O)N1CCN(C(=O)c2cc3sccc3s2)CC1.Cl. The van der Waals surface area contributed by atoms with Gasteiger partial charge in [0.1, 0.15) is 0 Å². The summed E-state index contributed by atoms with van der Waals surface area (Å²) in [4.78, 5) is 29.4. The van der Waals surface area contributed by atoms with Gasteiger partial charge in [-0.25, -0.2) is 0 Å². The van der Waals surface area contributed by atoms with Crippen LogP contribution in [0.1, 0.15) is 16.1 Å². The normalized spacial score (nSPS) is 15.9. The average molecular weight is 420 g/mol. The first-order chi connectivity index (χ1) is 11.6. The van der Waals surface area contributed by atoms with Crippen molar-refractivity contribution < 1.29 is 9.59 Å².